The van der Waals surface area contributed by atoms with E-state index in [1.165, 1.54) is 16.7 Å². The largest absolute Gasteiger partial charge is 0.329 e. The zero-order valence-electron chi connectivity index (χ0n) is 17.3. The molecule has 0 unspecified atom stereocenters. The fraction of sp³-hybridized carbons (Fsp3) is 0.333. The molecule has 146 valence electrons. The average Bonchev–Trinajstić information content (AvgIpc) is 2.60. The molecule has 1 aromatic heterocycles. The predicted octanol–water partition coefficient (Wildman–Crippen LogP) is 5.39. The summed E-state index contributed by atoms with van der Waals surface area (Å²) in [6.07, 6.45) is 1.79. The third-order valence-electron chi connectivity index (χ3n) is 4.93. The lowest BCUT2D eigenvalue weighted by molar-refractivity contribution is 0.589. The predicted molar refractivity (Wildman–Crippen MR) is 119 cm³/mol. The van der Waals surface area contributed by atoms with Gasteiger partial charge in [0.05, 0.1) is 13.1 Å². The Morgan fingerprint density at radius 2 is 1.46 bits per heavy atom. The van der Waals surface area contributed by atoms with Gasteiger partial charge in [-0.3, -0.25) is 9.13 Å². The maximum absolute atomic E-state index is 13.1. The summed E-state index contributed by atoms with van der Waals surface area (Å²) in [5.74, 6) is 0. The van der Waals surface area contributed by atoms with Crippen molar-refractivity contribution in [3.05, 3.63) is 97.7 Å². The minimum Gasteiger partial charge on any atom is -0.296 e. The van der Waals surface area contributed by atoms with Crippen molar-refractivity contribution >= 4 is 12.2 Å². The van der Waals surface area contributed by atoms with Crippen molar-refractivity contribution in [2.45, 2.75) is 53.1 Å². The SMILES string of the molecule is Cc1cc(C)cc(Cn2c(=S)ccn(Cc3ccc(C(C)(C)C)cc3)c2=O)c1. The second-order valence-electron chi connectivity index (χ2n) is 8.59. The van der Waals surface area contributed by atoms with E-state index in [4.69, 9.17) is 12.2 Å². The highest BCUT2D eigenvalue weighted by molar-refractivity contribution is 7.71. The van der Waals surface area contributed by atoms with Crippen LogP contribution < -0.4 is 5.69 Å². The fourth-order valence-electron chi connectivity index (χ4n) is 3.47. The third kappa shape index (κ3) is 4.68. The van der Waals surface area contributed by atoms with Crippen molar-refractivity contribution in [2.24, 2.45) is 0 Å². The molecule has 28 heavy (non-hydrogen) atoms. The summed E-state index contributed by atoms with van der Waals surface area (Å²) in [6, 6.07) is 16.7. The quantitative estimate of drug-likeness (QED) is 0.557. The van der Waals surface area contributed by atoms with E-state index in [0.717, 1.165) is 11.1 Å². The molecule has 3 aromatic rings. The van der Waals surface area contributed by atoms with Crippen LogP contribution in [-0.4, -0.2) is 9.13 Å². The summed E-state index contributed by atoms with van der Waals surface area (Å²) in [4.78, 5) is 13.1. The first kappa shape index (κ1) is 20.3. The van der Waals surface area contributed by atoms with E-state index < -0.39 is 0 Å². The molecule has 1 heterocycles. The Balaban J connectivity index is 1.90. The van der Waals surface area contributed by atoms with Gasteiger partial charge in [-0.05, 0) is 42.0 Å². The Bertz CT molecular complexity index is 1080. The fourth-order valence-corrected chi connectivity index (χ4v) is 3.68. The Morgan fingerprint density at radius 3 is 2.04 bits per heavy atom. The van der Waals surface area contributed by atoms with Crippen molar-refractivity contribution in [3.8, 4) is 0 Å². The Kier molecular flexibility index (Phi) is 5.71. The molecule has 0 aliphatic rings. The zero-order valence-corrected chi connectivity index (χ0v) is 18.1. The maximum Gasteiger partial charge on any atom is 0.329 e. The van der Waals surface area contributed by atoms with Crippen LogP contribution in [0.15, 0.2) is 59.5 Å². The van der Waals surface area contributed by atoms with E-state index in [1.807, 2.05) is 6.07 Å². The molecule has 0 aliphatic carbocycles. The topological polar surface area (TPSA) is 26.9 Å². The standard InChI is InChI=1S/C24H28N2OS/c1-17-12-18(2)14-20(13-17)16-26-22(28)10-11-25(23(26)27)15-19-6-8-21(9-7-19)24(3,4)5/h6-14H,15-16H2,1-5H3. The van der Waals surface area contributed by atoms with E-state index >= 15 is 0 Å². The Hall–Kier alpha value is -2.46. The van der Waals surface area contributed by atoms with E-state index in [0.29, 0.717) is 17.7 Å². The van der Waals surface area contributed by atoms with Crippen molar-refractivity contribution < 1.29 is 0 Å². The highest BCUT2D eigenvalue weighted by Gasteiger charge is 2.13. The zero-order chi connectivity index (χ0) is 20.5. The van der Waals surface area contributed by atoms with Gasteiger partial charge in [-0.15, -0.1) is 0 Å². The normalized spacial score (nSPS) is 11.6. The number of aromatic nitrogens is 2. The molecule has 0 N–H and O–H groups in total. The second kappa shape index (κ2) is 7.88. The van der Waals surface area contributed by atoms with Crippen LogP contribution >= 0.6 is 12.2 Å². The molecule has 0 amide bonds. The van der Waals surface area contributed by atoms with Crippen LogP contribution in [0.3, 0.4) is 0 Å². The van der Waals surface area contributed by atoms with Crippen LogP contribution in [0, 0.1) is 18.5 Å². The summed E-state index contributed by atoms with van der Waals surface area (Å²) < 4.78 is 3.96. The Labute approximate surface area is 172 Å². The lowest BCUT2D eigenvalue weighted by Crippen LogP contribution is -2.31. The third-order valence-corrected chi connectivity index (χ3v) is 5.29. The van der Waals surface area contributed by atoms with Crippen molar-refractivity contribution in [1.29, 1.82) is 0 Å². The van der Waals surface area contributed by atoms with Gasteiger partial charge in [-0.2, -0.15) is 0 Å². The van der Waals surface area contributed by atoms with Gasteiger partial charge in [0.1, 0.15) is 4.64 Å². The van der Waals surface area contributed by atoms with Gasteiger partial charge in [-0.25, -0.2) is 4.79 Å². The molecule has 0 atom stereocenters. The average molecular weight is 393 g/mol. The van der Waals surface area contributed by atoms with Gasteiger partial charge in [-0.1, -0.05) is 86.6 Å². The van der Waals surface area contributed by atoms with Crippen molar-refractivity contribution in [1.82, 2.24) is 9.13 Å². The van der Waals surface area contributed by atoms with Gasteiger partial charge in [0.25, 0.3) is 0 Å². The minimum absolute atomic E-state index is 0.0773. The number of nitrogens with zero attached hydrogens (tertiary/aromatic N) is 2. The first-order valence-electron chi connectivity index (χ1n) is 9.60. The molecule has 0 saturated carbocycles. The first-order chi connectivity index (χ1) is 13.1. The van der Waals surface area contributed by atoms with Crippen LogP contribution in [-0.2, 0) is 18.5 Å². The molecule has 0 spiro atoms. The second-order valence-corrected chi connectivity index (χ2v) is 9.01. The van der Waals surface area contributed by atoms with Gasteiger partial charge in [0.15, 0.2) is 0 Å². The summed E-state index contributed by atoms with van der Waals surface area (Å²) in [7, 11) is 0. The molecule has 0 radical (unpaired) electrons. The number of benzene rings is 2. The molecule has 0 bridgehead atoms. The molecule has 0 saturated heterocycles. The van der Waals surface area contributed by atoms with Crippen LogP contribution in [0.25, 0.3) is 0 Å². The first-order valence-corrected chi connectivity index (χ1v) is 10.0. The monoisotopic (exact) mass is 392 g/mol. The summed E-state index contributed by atoms with van der Waals surface area (Å²) in [5.41, 5.74) is 5.91. The molecular weight excluding hydrogens is 364 g/mol. The summed E-state index contributed by atoms with van der Waals surface area (Å²) >= 11 is 5.44. The number of rotatable bonds is 4. The number of aryl methyl sites for hydroxylation is 2. The van der Waals surface area contributed by atoms with Gasteiger partial charge in [0.2, 0.25) is 0 Å². The lowest BCUT2D eigenvalue weighted by atomic mass is 9.87. The van der Waals surface area contributed by atoms with Crippen LogP contribution in [0.5, 0.6) is 0 Å². The summed E-state index contributed by atoms with van der Waals surface area (Å²) in [6.45, 7) is 11.8. The van der Waals surface area contributed by atoms with Crippen LogP contribution in [0.4, 0.5) is 0 Å². The van der Waals surface area contributed by atoms with E-state index in [-0.39, 0.29) is 11.1 Å². The van der Waals surface area contributed by atoms with Gasteiger partial charge < -0.3 is 0 Å². The van der Waals surface area contributed by atoms with E-state index in [2.05, 4.69) is 77.1 Å². The van der Waals surface area contributed by atoms with E-state index in [9.17, 15) is 4.79 Å². The smallest absolute Gasteiger partial charge is 0.296 e. The highest BCUT2D eigenvalue weighted by atomic mass is 32.1. The van der Waals surface area contributed by atoms with Crippen LogP contribution in [0.1, 0.15) is 48.6 Å². The summed E-state index contributed by atoms with van der Waals surface area (Å²) in [5, 5.41) is 0. The van der Waals surface area contributed by atoms with E-state index in [1.54, 1.807) is 15.3 Å². The van der Waals surface area contributed by atoms with Gasteiger partial charge in [0, 0.05) is 6.20 Å². The van der Waals surface area contributed by atoms with Gasteiger partial charge >= 0.3 is 5.69 Å². The molecular formula is C24H28N2OS. The number of hydrogen-bond donors (Lipinski definition) is 0. The molecule has 2 aromatic carbocycles. The van der Waals surface area contributed by atoms with Crippen molar-refractivity contribution in [3.63, 3.8) is 0 Å². The Morgan fingerprint density at radius 1 is 0.857 bits per heavy atom. The molecule has 3 rings (SSSR count). The molecule has 0 fully saturated rings. The molecule has 4 heteroatoms. The molecule has 0 aliphatic heterocycles. The minimum atomic E-state index is -0.0773. The maximum atomic E-state index is 13.1. The lowest BCUT2D eigenvalue weighted by Gasteiger charge is -2.19. The van der Waals surface area contributed by atoms with Crippen LogP contribution in [0.2, 0.25) is 0 Å². The van der Waals surface area contributed by atoms with Crippen molar-refractivity contribution in [2.75, 3.05) is 0 Å². The molecule has 3 nitrogen and oxygen atoms in total. The highest BCUT2D eigenvalue weighted by Crippen LogP contribution is 2.22. The number of hydrogen-bond acceptors (Lipinski definition) is 2.